The Labute approximate surface area is 140 Å². The molecule has 7 nitrogen and oxygen atoms in total. The minimum atomic E-state index is -0.780. The van der Waals surface area contributed by atoms with Crippen molar-refractivity contribution in [3.63, 3.8) is 0 Å². The number of amides is 3. The van der Waals surface area contributed by atoms with Crippen molar-refractivity contribution >= 4 is 17.6 Å². The molecule has 1 N–H and O–H groups in total. The standard InChI is InChI=1S/C17H21N3O4/c21-15-17(9-4-2-1-3-5-10-17)18-16(22)19(15)12-13-7-6-8-14(11-13)20(23)24/h6-8,11H,1-5,9-10,12H2,(H,18,22). The molecule has 0 bridgehead atoms. The molecule has 2 fully saturated rings. The van der Waals surface area contributed by atoms with E-state index in [-0.39, 0.29) is 18.1 Å². The normalized spacial score (nSPS) is 20.6. The number of hydrogen-bond donors (Lipinski definition) is 1. The van der Waals surface area contributed by atoms with E-state index >= 15 is 0 Å². The van der Waals surface area contributed by atoms with Gasteiger partial charge < -0.3 is 5.32 Å². The van der Waals surface area contributed by atoms with E-state index in [1.165, 1.54) is 23.5 Å². The average Bonchev–Trinajstić information content (AvgIpc) is 2.76. The molecule has 0 radical (unpaired) electrons. The van der Waals surface area contributed by atoms with Gasteiger partial charge in [0.15, 0.2) is 0 Å². The molecule has 1 saturated carbocycles. The van der Waals surface area contributed by atoms with Crippen molar-refractivity contribution in [1.29, 1.82) is 0 Å². The van der Waals surface area contributed by atoms with Crippen LogP contribution in [0.1, 0.15) is 50.5 Å². The number of hydrogen-bond acceptors (Lipinski definition) is 4. The lowest BCUT2D eigenvalue weighted by molar-refractivity contribution is -0.384. The zero-order chi connectivity index (χ0) is 17.2. The second-order valence-electron chi connectivity index (χ2n) is 6.60. The third kappa shape index (κ3) is 3.11. The lowest BCUT2D eigenvalue weighted by Crippen LogP contribution is -2.47. The van der Waals surface area contributed by atoms with Gasteiger partial charge in [-0.2, -0.15) is 0 Å². The maximum absolute atomic E-state index is 12.9. The minimum absolute atomic E-state index is 0.0415. The van der Waals surface area contributed by atoms with E-state index in [1.54, 1.807) is 12.1 Å². The number of benzene rings is 1. The van der Waals surface area contributed by atoms with Crippen molar-refractivity contribution in [2.24, 2.45) is 0 Å². The molecule has 1 aliphatic carbocycles. The predicted molar refractivity (Wildman–Crippen MR) is 87.2 cm³/mol. The van der Waals surface area contributed by atoms with E-state index in [0.717, 1.165) is 25.7 Å². The van der Waals surface area contributed by atoms with Crippen LogP contribution in [0.4, 0.5) is 10.5 Å². The molecule has 128 valence electrons. The van der Waals surface area contributed by atoms with Crippen LogP contribution in [0.3, 0.4) is 0 Å². The Morgan fingerprint density at radius 2 is 1.79 bits per heavy atom. The van der Waals surface area contributed by atoms with Gasteiger partial charge in [0, 0.05) is 12.1 Å². The number of nitrogens with one attached hydrogen (secondary N) is 1. The molecule has 2 aliphatic rings. The van der Waals surface area contributed by atoms with Crippen LogP contribution < -0.4 is 5.32 Å². The summed E-state index contributed by atoms with van der Waals surface area (Å²) in [5, 5.41) is 13.8. The molecule has 1 heterocycles. The van der Waals surface area contributed by atoms with Crippen molar-refractivity contribution in [3.8, 4) is 0 Å². The summed E-state index contributed by atoms with van der Waals surface area (Å²) in [6.45, 7) is 0.0636. The van der Waals surface area contributed by atoms with Gasteiger partial charge in [-0.1, -0.05) is 44.2 Å². The molecule has 1 aromatic rings. The first kappa shape index (κ1) is 16.4. The highest BCUT2D eigenvalue weighted by Gasteiger charge is 2.50. The summed E-state index contributed by atoms with van der Waals surface area (Å²) in [6.07, 6.45) is 6.53. The van der Waals surface area contributed by atoms with Gasteiger partial charge in [0.2, 0.25) is 0 Å². The van der Waals surface area contributed by atoms with Gasteiger partial charge in [-0.3, -0.25) is 19.8 Å². The van der Waals surface area contributed by atoms with Crippen LogP contribution in [0.15, 0.2) is 24.3 Å². The fraction of sp³-hybridized carbons (Fsp3) is 0.529. The van der Waals surface area contributed by atoms with Gasteiger partial charge in [-0.05, 0) is 18.4 Å². The Balaban J connectivity index is 1.79. The van der Waals surface area contributed by atoms with Crippen LogP contribution >= 0.6 is 0 Å². The number of nitro groups is 1. The summed E-state index contributed by atoms with van der Waals surface area (Å²) < 4.78 is 0. The lowest BCUT2D eigenvalue weighted by Gasteiger charge is -2.28. The van der Waals surface area contributed by atoms with Crippen molar-refractivity contribution in [1.82, 2.24) is 10.2 Å². The third-order valence-corrected chi connectivity index (χ3v) is 4.92. The highest BCUT2D eigenvalue weighted by atomic mass is 16.6. The minimum Gasteiger partial charge on any atom is -0.323 e. The monoisotopic (exact) mass is 331 g/mol. The molecule has 0 atom stereocenters. The van der Waals surface area contributed by atoms with Gasteiger partial charge in [-0.25, -0.2) is 4.79 Å². The number of nitro benzene ring substituents is 1. The zero-order valence-electron chi connectivity index (χ0n) is 13.5. The van der Waals surface area contributed by atoms with Gasteiger partial charge >= 0.3 is 6.03 Å². The number of carbonyl (C=O) groups excluding carboxylic acids is 2. The van der Waals surface area contributed by atoms with Gasteiger partial charge in [0.05, 0.1) is 11.5 Å². The Kier molecular flexibility index (Phi) is 4.51. The fourth-order valence-electron chi connectivity index (χ4n) is 3.62. The summed E-state index contributed by atoms with van der Waals surface area (Å²) >= 11 is 0. The largest absolute Gasteiger partial charge is 0.325 e. The number of imide groups is 1. The first-order valence-corrected chi connectivity index (χ1v) is 8.39. The molecule has 3 amide bonds. The van der Waals surface area contributed by atoms with Gasteiger partial charge in [0.25, 0.3) is 11.6 Å². The zero-order valence-corrected chi connectivity index (χ0v) is 13.5. The van der Waals surface area contributed by atoms with E-state index in [9.17, 15) is 19.7 Å². The Morgan fingerprint density at radius 3 is 2.46 bits per heavy atom. The van der Waals surface area contributed by atoms with Crippen LogP contribution in [-0.2, 0) is 11.3 Å². The maximum atomic E-state index is 12.9. The van der Waals surface area contributed by atoms with E-state index in [0.29, 0.717) is 18.4 Å². The van der Waals surface area contributed by atoms with Crippen LogP contribution in [0.2, 0.25) is 0 Å². The van der Waals surface area contributed by atoms with Crippen molar-refractivity contribution in [3.05, 3.63) is 39.9 Å². The summed E-state index contributed by atoms with van der Waals surface area (Å²) in [5.74, 6) is -0.194. The number of rotatable bonds is 3. The number of non-ortho nitro benzene ring substituents is 1. The molecule has 0 unspecified atom stereocenters. The topological polar surface area (TPSA) is 92.6 Å². The van der Waals surface area contributed by atoms with Crippen molar-refractivity contribution in [2.75, 3.05) is 0 Å². The van der Waals surface area contributed by atoms with Crippen molar-refractivity contribution < 1.29 is 14.5 Å². The van der Waals surface area contributed by atoms with Crippen LogP contribution in [-0.4, -0.2) is 27.3 Å². The Bertz CT molecular complexity index is 666. The molecular weight excluding hydrogens is 310 g/mol. The average molecular weight is 331 g/mol. The SMILES string of the molecule is O=C1NC2(CCCCCCC2)C(=O)N1Cc1cccc([N+](=O)[O-])c1. The molecule has 3 rings (SSSR count). The van der Waals surface area contributed by atoms with Gasteiger partial charge in [-0.15, -0.1) is 0 Å². The summed E-state index contributed by atoms with van der Waals surface area (Å²) in [7, 11) is 0. The number of nitrogens with zero attached hydrogens (tertiary/aromatic N) is 2. The molecule has 1 aromatic carbocycles. The number of urea groups is 1. The second kappa shape index (κ2) is 6.59. The van der Waals surface area contributed by atoms with Crippen LogP contribution in [0, 0.1) is 10.1 Å². The Hall–Kier alpha value is -2.44. The molecule has 24 heavy (non-hydrogen) atoms. The summed E-state index contributed by atoms with van der Waals surface area (Å²) in [5.41, 5.74) is -0.242. The van der Waals surface area contributed by atoms with E-state index in [1.807, 2.05) is 0 Å². The van der Waals surface area contributed by atoms with E-state index < -0.39 is 16.5 Å². The molecule has 0 aromatic heterocycles. The number of carbonyl (C=O) groups is 2. The fourth-order valence-corrected chi connectivity index (χ4v) is 3.62. The summed E-state index contributed by atoms with van der Waals surface area (Å²) in [6, 6.07) is 5.66. The molecule has 1 saturated heterocycles. The smallest absolute Gasteiger partial charge is 0.323 e. The van der Waals surface area contributed by atoms with Gasteiger partial charge in [0.1, 0.15) is 5.54 Å². The highest BCUT2D eigenvalue weighted by Crippen LogP contribution is 2.32. The molecular formula is C17H21N3O4. The van der Waals surface area contributed by atoms with Crippen LogP contribution in [0.25, 0.3) is 0 Å². The third-order valence-electron chi connectivity index (χ3n) is 4.92. The van der Waals surface area contributed by atoms with Crippen molar-refractivity contribution in [2.45, 2.75) is 57.0 Å². The predicted octanol–water partition coefficient (Wildman–Crippen LogP) is 3.13. The Morgan fingerprint density at radius 1 is 1.12 bits per heavy atom. The first-order chi connectivity index (χ1) is 11.5. The molecule has 1 aliphatic heterocycles. The summed E-state index contributed by atoms with van der Waals surface area (Å²) in [4.78, 5) is 36.8. The highest BCUT2D eigenvalue weighted by molar-refractivity contribution is 6.07. The maximum Gasteiger partial charge on any atom is 0.325 e. The molecule has 7 heteroatoms. The first-order valence-electron chi connectivity index (χ1n) is 8.39. The van der Waals surface area contributed by atoms with E-state index in [2.05, 4.69) is 5.32 Å². The molecule has 1 spiro atoms. The second-order valence-corrected chi connectivity index (χ2v) is 6.60. The van der Waals surface area contributed by atoms with E-state index in [4.69, 9.17) is 0 Å². The lowest BCUT2D eigenvalue weighted by atomic mass is 9.84. The van der Waals surface area contributed by atoms with Crippen LogP contribution in [0.5, 0.6) is 0 Å². The quantitative estimate of drug-likeness (QED) is 0.523.